The average molecular weight is 275 g/mol. The van der Waals surface area contributed by atoms with Gasteiger partial charge < -0.3 is 5.11 Å². The van der Waals surface area contributed by atoms with Gasteiger partial charge in [-0.05, 0) is 76.0 Å². The summed E-state index contributed by atoms with van der Waals surface area (Å²) in [6.07, 6.45) is 10.7. The molecule has 2 fully saturated rings. The summed E-state index contributed by atoms with van der Waals surface area (Å²) < 4.78 is 0. The average Bonchev–Trinajstić information content (AvgIpc) is 2.48. The number of nitrogens with zero attached hydrogens (tertiary/aromatic N) is 1. The third-order valence-corrected chi connectivity index (χ3v) is 5.39. The van der Waals surface area contributed by atoms with Gasteiger partial charge in [0.25, 0.3) is 0 Å². The number of carboxylic acid groups (broad SMARTS) is 1. The summed E-state index contributed by atoms with van der Waals surface area (Å²) in [7, 11) is 0. The molecule has 0 bridgehead atoms. The first-order valence-electron chi connectivity index (χ1n) is 7.94. The van der Waals surface area contributed by atoms with Gasteiger partial charge >= 0.3 is 5.97 Å². The van der Waals surface area contributed by atoms with Crippen molar-refractivity contribution < 1.29 is 9.90 Å². The molecule has 2 rings (SSSR count). The second-order valence-electron chi connectivity index (χ2n) is 6.40. The van der Waals surface area contributed by atoms with Gasteiger partial charge in [-0.1, -0.05) is 6.08 Å². The summed E-state index contributed by atoms with van der Waals surface area (Å²) in [4.78, 5) is 11.2. The molecule has 0 saturated heterocycles. The zero-order valence-electron chi connectivity index (χ0n) is 12.3. The van der Waals surface area contributed by atoms with E-state index in [1.54, 1.807) is 6.08 Å². The Morgan fingerprint density at radius 3 is 1.95 bits per heavy atom. The zero-order chi connectivity index (χ0) is 14.5. The predicted molar refractivity (Wildman–Crippen MR) is 77.9 cm³/mol. The van der Waals surface area contributed by atoms with Crippen LogP contribution in [-0.4, -0.2) is 11.1 Å². The number of hydrogen-bond acceptors (Lipinski definition) is 2. The fourth-order valence-corrected chi connectivity index (χ4v) is 4.16. The Bertz CT molecular complexity index is 405. The van der Waals surface area contributed by atoms with Crippen LogP contribution in [0.15, 0.2) is 11.6 Å². The minimum absolute atomic E-state index is 0.254. The maximum absolute atomic E-state index is 11.2. The smallest absolute Gasteiger partial charge is 0.331 e. The standard InChI is InChI=1S/C17H25NO2/c1-2-16(17(19)20)15-9-7-14(8-10-15)13-5-3-12(11-18)4-6-13/h2,12-15H,3-10H2,1H3,(H,19,20). The lowest BCUT2D eigenvalue weighted by atomic mass is 9.68. The largest absolute Gasteiger partial charge is 0.478 e. The van der Waals surface area contributed by atoms with Crippen molar-refractivity contribution in [3.05, 3.63) is 11.6 Å². The number of hydrogen-bond donors (Lipinski definition) is 1. The van der Waals surface area contributed by atoms with E-state index >= 15 is 0 Å². The first-order valence-corrected chi connectivity index (χ1v) is 7.94. The van der Waals surface area contributed by atoms with E-state index in [0.717, 1.165) is 50.4 Å². The summed E-state index contributed by atoms with van der Waals surface area (Å²) in [6, 6.07) is 2.40. The maximum Gasteiger partial charge on any atom is 0.331 e. The van der Waals surface area contributed by atoms with Crippen LogP contribution in [0.25, 0.3) is 0 Å². The van der Waals surface area contributed by atoms with E-state index in [-0.39, 0.29) is 11.8 Å². The molecule has 0 atom stereocenters. The van der Waals surface area contributed by atoms with E-state index in [2.05, 4.69) is 6.07 Å². The number of allylic oxidation sites excluding steroid dienone is 1. The Hall–Kier alpha value is -1.30. The van der Waals surface area contributed by atoms with Crippen molar-refractivity contribution in [1.29, 1.82) is 5.26 Å². The summed E-state index contributed by atoms with van der Waals surface area (Å²) in [5.41, 5.74) is 0.608. The van der Waals surface area contributed by atoms with E-state index in [0.29, 0.717) is 5.57 Å². The van der Waals surface area contributed by atoms with Gasteiger partial charge in [-0.3, -0.25) is 0 Å². The van der Waals surface area contributed by atoms with Crippen LogP contribution >= 0.6 is 0 Å². The lowest BCUT2D eigenvalue weighted by Crippen LogP contribution is -2.27. The van der Waals surface area contributed by atoms with Crippen molar-refractivity contribution in [3.8, 4) is 6.07 Å². The monoisotopic (exact) mass is 275 g/mol. The zero-order valence-corrected chi connectivity index (χ0v) is 12.3. The van der Waals surface area contributed by atoms with Crippen molar-refractivity contribution in [2.75, 3.05) is 0 Å². The molecule has 1 N–H and O–H groups in total. The first kappa shape index (κ1) is 15.1. The van der Waals surface area contributed by atoms with Crippen molar-refractivity contribution >= 4 is 5.97 Å². The second-order valence-corrected chi connectivity index (χ2v) is 6.40. The van der Waals surface area contributed by atoms with Gasteiger partial charge in [-0.2, -0.15) is 5.26 Å². The van der Waals surface area contributed by atoms with Gasteiger partial charge in [0.15, 0.2) is 0 Å². The summed E-state index contributed by atoms with van der Waals surface area (Å²) in [6.45, 7) is 1.83. The van der Waals surface area contributed by atoms with E-state index in [4.69, 9.17) is 5.26 Å². The molecule has 0 aromatic rings. The first-order chi connectivity index (χ1) is 9.65. The molecule has 2 aliphatic carbocycles. The van der Waals surface area contributed by atoms with Gasteiger partial charge in [-0.15, -0.1) is 0 Å². The highest BCUT2D eigenvalue weighted by molar-refractivity contribution is 5.87. The van der Waals surface area contributed by atoms with Crippen LogP contribution < -0.4 is 0 Å². The minimum Gasteiger partial charge on any atom is -0.478 e. The Kier molecular flexibility index (Phi) is 5.23. The molecule has 2 aliphatic rings. The van der Waals surface area contributed by atoms with Crippen LogP contribution in [0.3, 0.4) is 0 Å². The highest BCUT2D eigenvalue weighted by Gasteiger charge is 2.32. The van der Waals surface area contributed by atoms with Gasteiger partial charge in [0.1, 0.15) is 0 Å². The molecule has 0 radical (unpaired) electrons. The molecular formula is C17H25NO2. The van der Waals surface area contributed by atoms with Crippen molar-refractivity contribution in [3.63, 3.8) is 0 Å². The molecule has 2 saturated carbocycles. The molecule has 20 heavy (non-hydrogen) atoms. The molecule has 110 valence electrons. The van der Waals surface area contributed by atoms with E-state index in [1.807, 2.05) is 6.92 Å². The van der Waals surface area contributed by atoms with Crippen molar-refractivity contribution in [1.82, 2.24) is 0 Å². The van der Waals surface area contributed by atoms with Crippen LogP contribution in [0.5, 0.6) is 0 Å². The number of carboxylic acids is 1. The molecule has 3 heteroatoms. The number of aliphatic carboxylic acids is 1. The van der Waals surface area contributed by atoms with E-state index < -0.39 is 5.97 Å². The molecule has 0 heterocycles. The fraction of sp³-hybridized carbons (Fsp3) is 0.765. The van der Waals surface area contributed by atoms with Crippen molar-refractivity contribution in [2.45, 2.75) is 58.3 Å². The SMILES string of the molecule is CC=C(C(=O)O)C1CCC(C2CCC(C#N)CC2)CC1. The lowest BCUT2D eigenvalue weighted by Gasteiger charge is -2.36. The molecular weight excluding hydrogens is 250 g/mol. The quantitative estimate of drug-likeness (QED) is 0.787. The van der Waals surface area contributed by atoms with Crippen LogP contribution in [0.1, 0.15) is 58.3 Å². The number of nitriles is 1. The molecule has 0 unspecified atom stereocenters. The summed E-state index contributed by atoms with van der Waals surface area (Å²) in [5, 5.41) is 18.1. The number of rotatable bonds is 3. The Balaban J connectivity index is 1.83. The lowest BCUT2D eigenvalue weighted by molar-refractivity contribution is -0.133. The highest BCUT2D eigenvalue weighted by Crippen LogP contribution is 2.42. The topological polar surface area (TPSA) is 61.1 Å². The molecule has 0 aromatic heterocycles. The molecule has 0 aliphatic heterocycles. The summed E-state index contributed by atoms with van der Waals surface area (Å²) in [5.74, 6) is 1.33. The molecule has 0 amide bonds. The van der Waals surface area contributed by atoms with E-state index in [1.165, 1.54) is 12.8 Å². The normalized spacial score (nSPS) is 35.3. The third-order valence-electron chi connectivity index (χ3n) is 5.39. The van der Waals surface area contributed by atoms with Crippen LogP contribution in [0, 0.1) is 35.0 Å². The minimum atomic E-state index is -0.745. The van der Waals surface area contributed by atoms with Crippen molar-refractivity contribution in [2.24, 2.45) is 23.7 Å². The Morgan fingerprint density at radius 1 is 1.05 bits per heavy atom. The second kappa shape index (κ2) is 6.92. The Labute approximate surface area is 121 Å². The van der Waals surface area contributed by atoms with Crippen LogP contribution in [0.2, 0.25) is 0 Å². The van der Waals surface area contributed by atoms with Gasteiger partial charge in [-0.25, -0.2) is 4.79 Å². The fourth-order valence-electron chi connectivity index (χ4n) is 4.16. The number of carbonyl (C=O) groups is 1. The van der Waals surface area contributed by atoms with Crippen LogP contribution in [0.4, 0.5) is 0 Å². The van der Waals surface area contributed by atoms with Crippen LogP contribution in [-0.2, 0) is 4.79 Å². The maximum atomic E-state index is 11.2. The molecule has 0 aromatic carbocycles. The van der Waals surface area contributed by atoms with Gasteiger partial charge in [0.05, 0.1) is 6.07 Å². The predicted octanol–water partition coefficient (Wildman–Crippen LogP) is 4.15. The molecule has 3 nitrogen and oxygen atoms in total. The summed E-state index contributed by atoms with van der Waals surface area (Å²) >= 11 is 0. The molecule has 0 spiro atoms. The van der Waals surface area contributed by atoms with Gasteiger partial charge in [0, 0.05) is 11.5 Å². The third kappa shape index (κ3) is 3.42. The Morgan fingerprint density at radius 2 is 1.55 bits per heavy atom. The van der Waals surface area contributed by atoms with E-state index in [9.17, 15) is 9.90 Å². The van der Waals surface area contributed by atoms with Gasteiger partial charge in [0.2, 0.25) is 0 Å². The highest BCUT2D eigenvalue weighted by atomic mass is 16.4.